The number of amides is 1. The van der Waals surface area contributed by atoms with Gasteiger partial charge < -0.3 is 20.1 Å². The molecule has 1 heterocycles. The molecule has 1 atom stereocenters. The number of carboxylic acid groups (broad SMARTS) is 1. The molecule has 6 nitrogen and oxygen atoms in total. The third-order valence-corrected chi connectivity index (χ3v) is 3.62. The van der Waals surface area contributed by atoms with E-state index in [9.17, 15) is 14.7 Å². The van der Waals surface area contributed by atoms with Crippen molar-refractivity contribution in [1.29, 1.82) is 0 Å². The second kappa shape index (κ2) is 6.62. The fourth-order valence-electron chi connectivity index (χ4n) is 2.40. The van der Waals surface area contributed by atoms with E-state index < -0.39 is 11.5 Å². The Morgan fingerprint density at radius 3 is 2.77 bits per heavy atom. The summed E-state index contributed by atoms with van der Waals surface area (Å²) >= 11 is 0. The third-order valence-electron chi connectivity index (χ3n) is 3.62. The summed E-state index contributed by atoms with van der Waals surface area (Å²) in [5.41, 5.74) is 0.647. The van der Waals surface area contributed by atoms with E-state index >= 15 is 0 Å². The summed E-state index contributed by atoms with van der Waals surface area (Å²) < 4.78 is 4.88. The number of fused-ring (bicyclic) bond motifs is 1. The predicted molar refractivity (Wildman–Crippen MR) is 82.7 cm³/mol. The van der Waals surface area contributed by atoms with E-state index in [0.29, 0.717) is 6.42 Å². The van der Waals surface area contributed by atoms with Gasteiger partial charge in [-0.25, -0.2) is 4.79 Å². The van der Waals surface area contributed by atoms with E-state index in [2.05, 4.69) is 10.3 Å². The number of para-hydroxylation sites is 1. The second-order valence-electron chi connectivity index (χ2n) is 5.48. The number of aromatic nitrogens is 1. The molecule has 1 amide bonds. The topological polar surface area (TPSA) is 91.4 Å². The van der Waals surface area contributed by atoms with Crippen LogP contribution in [0, 0.1) is 0 Å². The molecular formula is C16H20N2O4. The van der Waals surface area contributed by atoms with Crippen molar-refractivity contribution < 1.29 is 19.4 Å². The lowest BCUT2D eigenvalue weighted by Crippen LogP contribution is -2.55. The number of carbonyl (C=O) groups is 2. The highest BCUT2D eigenvalue weighted by Gasteiger charge is 2.34. The highest BCUT2D eigenvalue weighted by molar-refractivity contribution is 5.88. The first kappa shape index (κ1) is 16.0. The van der Waals surface area contributed by atoms with Gasteiger partial charge in [0.25, 0.3) is 0 Å². The number of benzene rings is 1. The molecule has 2 rings (SSSR count). The Morgan fingerprint density at radius 1 is 1.36 bits per heavy atom. The van der Waals surface area contributed by atoms with Crippen molar-refractivity contribution in [1.82, 2.24) is 10.3 Å². The van der Waals surface area contributed by atoms with E-state index in [1.165, 1.54) is 14.0 Å². The fraction of sp³-hybridized carbons (Fsp3) is 0.375. The summed E-state index contributed by atoms with van der Waals surface area (Å²) in [6.07, 6.45) is 2.64. The highest BCUT2D eigenvalue weighted by Crippen LogP contribution is 2.19. The standard InChI is InChI=1S/C16H20N2O4/c1-16(10-22-2,15(20)21)18-14(19)8-7-11-9-17-13-6-4-3-5-12(11)13/h3-6,9,17H,7-8,10H2,1-2H3,(H,18,19)(H,20,21). The number of hydrogen-bond donors (Lipinski definition) is 3. The number of hydrogen-bond acceptors (Lipinski definition) is 3. The van der Waals surface area contributed by atoms with Crippen molar-refractivity contribution in [2.45, 2.75) is 25.3 Å². The first-order valence-corrected chi connectivity index (χ1v) is 7.04. The van der Waals surface area contributed by atoms with Crippen molar-refractivity contribution in [3.05, 3.63) is 36.0 Å². The number of aryl methyl sites for hydroxylation is 1. The zero-order valence-corrected chi connectivity index (χ0v) is 12.7. The molecule has 3 N–H and O–H groups in total. The second-order valence-corrected chi connectivity index (χ2v) is 5.48. The van der Waals surface area contributed by atoms with Crippen molar-refractivity contribution in [2.24, 2.45) is 0 Å². The number of methoxy groups -OCH3 is 1. The summed E-state index contributed by atoms with van der Waals surface area (Å²) in [6, 6.07) is 7.85. The number of nitrogens with one attached hydrogen (secondary N) is 2. The highest BCUT2D eigenvalue weighted by atomic mass is 16.5. The first-order valence-electron chi connectivity index (χ1n) is 7.04. The summed E-state index contributed by atoms with van der Waals surface area (Å²) in [7, 11) is 1.40. The molecule has 0 radical (unpaired) electrons. The first-order chi connectivity index (χ1) is 10.5. The summed E-state index contributed by atoms with van der Waals surface area (Å²) in [5.74, 6) is -1.43. The Morgan fingerprint density at radius 2 is 2.09 bits per heavy atom. The number of aromatic amines is 1. The average molecular weight is 304 g/mol. The maximum absolute atomic E-state index is 12.0. The predicted octanol–water partition coefficient (Wildman–Crippen LogP) is 1.71. The van der Waals surface area contributed by atoms with Gasteiger partial charge in [-0.1, -0.05) is 18.2 Å². The van der Waals surface area contributed by atoms with E-state index in [0.717, 1.165) is 16.5 Å². The smallest absolute Gasteiger partial charge is 0.331 e. The van der Waals surface area contributed by atoms with Crippen LogP contribution in [-0.2, 0) is 20.7 Å². The van der Waals surface area contributed by atoms with Gasteiger partial charge in [0.1, 0.15) is 0 Å². The molecule has 6 heteroatoms. The maximum Gasteiger partial charge on any atom is 0.331 e. The fourth-order valence-corrected chi connectivity index (χ4v) is 2.40. The molecule has 0 aliphatic rings. The van der Waals surface area contributed by atoms with E-state index in [1.807, 2.05) is 30.5 Å². The zero-order chi connectivity index (χ0) is 16.2. The van der Waals surface area contributed by atoms with Gasteiger partial charge in [0.2, 0.25) is 5.91 Å². The molecule has 0 saturated carbocycles. The van der Waals surface area contributed by atoms with Crippen molar-refractivity contribution in [3.8, 4) is 0 Å². The van der Waals surface area contributed by atoms with Crippen LogP contribution >= 0.6 is 0 Å². The van der Waals surface area contributed by atoms with Crippen LogP contribution < -0.4 is 5.32 Å². The van der Waals surface area contributed by atoms with Gasteiger partial charge in [-0.3, -0.25) is 4.79 Å². The van der Waals surface area contributed by atoms with Crippen LogP contribution in [0.1, 0.15) is 18.9 Å². The molecule has 0 aliphatic heterocycles. The lowest BCUT2D eigenvalue weighted by Gasteiger charge is -2.25. The number of rotatable bonds is 7. The number of ether oxygens (including phenoxy) is 1. The molecule has 0 fully saturated rings. The number of aliphatic carboxylic acids is 1. The minimum Gasteiger partial charge on any atom is -0.479 e. The van der Waals surface area contributed by atoms with Gasteiger partial charge in [-0.05, 0) is 25.0 Å². The Bertz CT molecular complexity index is 680. The number of carbonyl (C=O) groups excluding carboxylic acids is 1. The molecule has 0 bridgehead atoms. The molecule has 0 saturated heterocycles. The molecule has 0 aliphatic carbocycles. The molecule has 2 aromatic rings. The number of carboxylic acids is 1. The van der Waals surface area contributed by atoms with E-state index in [1.54, 1.807) is 0 Å². The maximum atomic E-state index is 12.0. The average Bonchev–Trinajstić information content (AvgIpc) is 2.88. The SMILES string of the molecule is COCC(C)(NC(=O)CCc1c[nH]c2ccccc12)C(=O)O. The quantitative estimate of drug-likeness (QED) is 0.726. The molecule has 1 aromatic heterocycles. The van der Waals surface area contributed by atoms with Crippen LogP contribution in [0.3, 0.4) is 0 Å². The minimum atomic E-state index is -1.41. The Labute approximate surface area is 128 Å². The molecular weight excluding hydrogens is 284 g/mol. The summed E-state index contributed by atoms with van der Waals surface area (Å²) in [6.45, 7) is 1.35. The van der Waals surface area contributed by atoms with Crippen LogP contribution in [0.5, 0.6) is 0 Å². The monoisotopic (exact) mass is 304 g/mol. The van der Waals surface area contributed by atoms with E-state index in [4.69, 9.17) is 4.74 Å². The largest absolute Gasteiger partial charge is 0.479 e. The molecule has 0 spiro atoms. The lowest BCUT2D eigenvalue weighted by atomic mass is 10.0. The van der Waals surface area contributed by atoms with Crippen molar-refractivity contribution in [2.75, 3.05) is 13.7 Å². The van der Waals surface area contributed by atoms with E-state index in [-0.39, 0.29) is 18.9 Å². The zero-order valence-electron chi connectivity index (χ0n) is 12.7. The van der Waals surface area contributed by atoms with Crippen LogP contribution in [-0.4, -0.2) is 41.2 Å². The number of H-pyrrole nitrogens is 1. The van der Waals surface area contributed by atoms with Gasteiger partial charge in [0, 0.05) is 30.6 Å². The Hall–Kier alpha value is -2.34. The van der Waals surface area contributed by atoms with Gasteiger partial charge in [0.05, 0.1) is 6.61 Å². The van der Waals surface area contributed by atoms with Crippen LogP contribution in [0.25, 0.3) is 10.9 Å². The molecule has 22 heavy (non-hydrogen) atoms. The third kappa shape index (κ3) is 3.46. The van der Waals surface area contributed by atoms with Gasteiger partial charge in [-0.2, -0.15) is 0 Å². The van der Waals surface area contributed by atoms with Crippen LogP contribution in [0.4, 0.5) is 0 Å². The van der Waals surface area contributed by atoms with Gasteiger partial charge in [0.15, 0.2) is 5.54 Å². The van der Waals surface area contributed by atoms with Crippen LogP contribution in [0.2, 0.25) is 0 Å². The van der Waals surface area contributed by atoms with Gasteiger partial charge in [-0.15, -0.1) is 0 Å². The summed E-state index contributed by atoms with van der Waals surface area (Å²) in [5, 5.41) is 12.8. The molecule has 1 unspecified atom stereocenters. The minimum absolute atomic E-state index is 0.0822. The normalized spacial score (nSPS) is 13.7. The molecule has 1 aromatic carbocycles. The van der Waals surface area contributed by atoms with Gasteiger partial charge >= 0.3 is 5.97 Å². The lowest BCUT2D eigenvalue weighted by molar-refractivity contribution is -0.149. The Balaban J connectivity index is 1.99. The van der Waals surface area contributed by atoms with Crippen molar-refractivity contribution in [3.63, 3.8) is 0 Å². The van der Waals surface area contributed by atoms with Crippen molar-refractivity contribution >= 4 is 22.8 Å². The summed E-state index contributed by atoms with van der Waals surface area (Å²) in [4.78, 5) is 26.4. The molecule has 118 valence electrons. The van der Waals surface area contributed by atoms with Crippen LogP contribution in [0.15, 0.2) is 30.5 Å². The Kier molecular flexibility index (Phi) is 4.82.